The van der Waals surface area contributed by atoms with Gasteiger partial charge in [-0.3, -0.25) is 18.9 Å². The number of carbonyl (C=O) groups excluding carboxylic acids is 1. The van der Waals surface area contributed by atoms with Gasteiger partial charge in [-0.1, -0.05) is 30.3 Å². The Kier molecular flexibility index (Phi) is 7.69. The predicted molar refractivity (Wildman–Crippen MR) is 129 cm³/mol. The molecule has 178 valence electrons. The van der Waals surface area contributed by atoms with Crippen molar-refractivity contribution in [1.82, 2.24) is 10.3 Å². The van der Waals surface area contributed by atoms with E-state index in [1.807, 2.05) is 36.4 Å². The fourth-order valence-electron chi connectivity index (χ4n) is 3.39. The summed E-state index contributed by atoms with van der Waals surface area (Å²) in [7, 11) is -0.859. The maximum absolute atomic E-state index is 13.3. The molecule has 2 unspecified atom stereocenters. The quantitative estimate of drug-likeness (QED) is 0.509. The molecule has 3 rings (SSSR count). The van der Waals surface area contributed by atoms with Gasteiger partial charge in [0.2, 0.25) is 0 Å². The third-order valence-corrected chi connectivity index (χ3v) is 6.03. The van der Waals surface area contributed by atoms with Crippen molar-refractivity contribution in [1.29, 1.82) is 0 Å². The third-order valence-electron chi connectivity index (χ3n) is 4.89. The summed E-state index contributed by atoms with van der Waals surface area (Å²) in [6, 6.07) is 11.6. The molecule has 1 aromatic heterocycles. The standard InChI is InChI=1S/C25H31FN2O4S/c1-24(2,3)32-23(29)28-25(4,5)31-22(12-13-26)18-8-6-17(7-9-18)19-10-11-21(27-14-19)20-15-33(30)16-20/h6-11,14-15,22H,12-13,16H2,1-5H3,(H,28,29). The van der Waals surface area contributed by atoms with Crippen molar-refractivity contribution in [3.05, 3.63) is 59.3 Å². The summed E-state index contributed by atoms with van der Waals surface area (Å²) < 4.78 is 35.9. The number of nitrogens with zero attached hydrogens (tertiary/aromatic N) is 1. The van der Waals surface area contributed by atoms with Crippen molar-refractivity contribution < 1.29 is 22.9 Å². The molecule has 0 radical (unpaired) electrons. The zero-order valence-corrected chi connectivity index (χ0v) is 20.5. The van der Waals surface area contributed by atoms with Crippen LogP contribution in [0, 0.1) is 0 Å². The van der Waals surface area contributed by atoms with E-state index in [9.17, 15) is 13.4 Å². The van der Waals surface area contributed by atoms with Crippen molar-refractivity contribution in [2.24, 2.45) is 0 Å². The highest BCUT2D eigenvalue weighted by atomic mass is 32.2. The van der Waals surface area contributed by atoms with Gasteiger partial charge in [-0.25, -0.2) is 4.79 Å². The summed E-state index contributed by atoms with van der Waals surface area (Å²) in [6.07, 6.45) is 0.809. The van der Waals surface area contributed by atoms with Crippen LogP contribution in [0.3, 0.4) is 0 Å². The SMILES string of the molecule is CC(C)(C)OC(=O)NC(C)(C)OC(CCF)c1ccc(-c2ccc(C3=CS(=O)C3)nc2)cc1. The van der Waals surface area contributed by atoms with E-state index < -0.39 is 41.0 Å². The molecule has 0 saturated carbocycles. The summed E-state index contributed by atoms with van der Waals surface area (Å²) in [5.74, 6) is 0.552. The van der Waals surface area contributed by atoms with Gasteiger partial charge in [-0.15, -0.1) is 0 Å². The molecule has 8 heteroatoms. The number of amides is 1. The molecule has 0 aliphatic carbocycles. The second-order valence-electron chi connectivity index (χ2n) is 9.44. The summed E-state index contributed by atoms with van der Waals surface area (Å²) >= 11 is 0. The number of carbonyl (C=O) groups is 1. The molecule has 0 saturated heterocycles. The number of halogens is 1. The molecule has 1 amide bonds. The van der Waals surface area contributed by atoms with Crippen LogP contribution in [0.25, 0.3) is 16.7 Å². The van der Waals surface area contributed by atoms with Crippen molar-refractivity contribution in [2.45, 2.75) is 58.5 Å². The highest BCUT2D eigenvalue weighted by Crippen LogP contribution is 2.30. The van der Waals surface area contributed by atoms with E-state index in [4.69, 9.17) is 9.47 Å². The minimum Gasteiger partial charge on any atom is -0.444 e. The van der Waals surface area contributed by atoms with Crippen LogP contribution >= 0.6 is 0 Å². The number of alkyl carbamates (subject to hydrolysis) is 1. The molecular weight excluding hydrogens is 443 g/mol. The van der Waals surface area contributed by atoms with Gasteiger partial charge in [0.15, 0.2) is 0 Å². The van der Waals surface area contributed by atoms with Crippen LogP contribution in [0.4, 0.5) is 9.18 Å². The van der Waals surface area contributed by atoms with E-state index in [0.717, 1.165) is 28.0 Å². The molecule has 2 aromatic rings. The fourth-order valence-corrected chi connectivity index (χ4v) is 4.24. The lowest BCUT2D eigenvalue weighted by molar-refractivity contribution is -0.0979. The smallest absolute Gasteiger partial charge is 0.409 e. The van der Waals surface area contributed by atoms with Gasteiger partial charge < -0.3 is 9.47 Å². The number of benzene rings is 1. The highest BCUT2D eigenvalue weighted by molar-refractivity contribution is 7.90. The molecule has 0 bridgehead atoms. The van der Waals surface area contributed by atoms with Crippen molar-refractivity contribution in [2.75, 3.05) is 12.4 Å². The summed E-state index contributed by atoms with van der Waals surface area (Å²) in [5, 5.41) is 4.42. The topological polar surface area (TPSA) is 77.5 Å². The monoisotopic (exact) mass is 474 g/mol. The maximum atomic E-state index is 13.3. The summed E-state index contributed by atoms with van der Waals surface area (Å²) in [6.45, 7) is 8.20. The van der Waals surface area contributed by atoms with Crippen LogP contribution in [0.15, 0.2) is 48.0 Å². The summed E-state index contributed by atoms with van der Waals surface area (Å²) in [5.41, 5.74) is 2.88. The molecule has 33 heavy (non-hydrogen) atoms. The molecule has 1 N–H and O–H groups in total. The van der Waals surface area contributed by atoms with E-state index in [-0.39, 0.29) is 6.42 Å². The van der Waals surface area contributed by atoms with Crippen LogP contribution in [0.5, 0.6) is 0 Å². The number of nitrogens with one attached hydrogen (secondary N) is 1. The van der Waals surface area contributed by atoms with Crippen LogP contribution in [-0.4, -0.2) is 39.0 Å². The summed E-state index contributed by atoms with van der Waals surface area (Å²) in [4.78, 5) is 16.6. The van der Waals surface area contributed by atoms with Gasteiger partial charge in [0.05, 0.1) is 35.0 Å². The number of hydrogen-bond donors (Lipinski definition) is 1. The number of alkyl halides is 1. The Balaban J connectivity index is 1.69. The number of hydrogen-bond acceptors (Lipinski definition) is 5. The second-order valence-corrected chi connectivity index (χ2v) is 10.7. The van der Waals surface area contributed by atoms with Gasteiger partial charge in [-0.2, -0.15) is 0 Å². The number of rotatable bonds is 8. The van der Waals surface area contributed by atoms with Crippen LogP contribution in [-0.2, 0) is 20.3 Å². The first kappa shape index (κ1) is 25.1. The second kappa shape index (κ2) is 10.1. The third kappa shape index (κ3) is 7.20. The Morgan fingerprint density at radius 2 is 1.76 bits per heavy atom. The molecular formula is C25H31FN2O4S. The van der Waals surface area contributed by atoms with Gasteiger partial charge in [-0.05, 0) is 57.4 Å². The maximum Gasteiger partial charge on any atom is 0.409 e. The zero-order valence-electron chi connectivity index (χ0n) is 19.7. The minimum absolute atomic E-state index is 0.158. The number of aromatic nitrogens is 1. The minimum atomic E-state index is -1.06. The molecule has 0 spiro atoms. The van der Waals surface area contributed by atoms with Gasteiger partial charge in [0, 0.05) is 23.6 Å². The normalized spacial score (nSPS) is 17.0. The van der Waals surface area contributed by atoms with E-state index in [1.165, 1.54) is 0 Å². The molecule has 2 heterocycles. The fraction of sp³-hybridized carbons (Fsp3) is 0.440. The van der Waals surface area contributed by atoms with E-state index >= 15 is 0 Å². The van der Waals surface area contributed by atoms with E-state index in [2.05, 4.69) is 10.3 Å². The average Bonchev–Trinajstić information content (AvgIpc) is 2.69. The lowest BCUT2D eigenvalue weighted by atomic mass is 10.0. The molecule has 1 aliphatic rings. The Morgan fingerprint density at radius 1 is 1.12 bits per heavy atom. The first-order chi connectivity index (χ1) is 15.5. The lowest BCUT2D eigenvalue weighted by Gasteiger charge is -2.32. The Labute approximate surface area is 197 Å². The number of ether oxygens (including phenoxy) is 2. The number of pyridine rings is 1. The van der Waals surface area contributed by atoms with Crippen molar-refractivity contribution >= 4 is 22.5 Å². The van der Waals surface area contributed by atoms with Gasteiger partial charge in [0.25, 0.3) is 0 Å². The molecule has 6 nitrogen and oxygen atoms in total. The van der Waals surface area contributed by atoms with Crippen LogP contribution < -0.4 is 5.32 Å². The highest BCUT2D eigenvalue weighted by Gasteiger charge is 2.29. The molecule has 1 aromatic carbocycles. The van der Waals surface area contributed by atoms with Crippen molar-refractivity contribution in [3.63, 3.8) is 0 Å². The van der Waals surface area contributed by atoms with Crippen LogP contribution in [0.2, 0.25) is 0 Å². The first-order valence-corrected chi connectivity index (χ1v) is 12.2. The van der Waals surface area contributed by atoms with Crippen LogP contribution in [0.1, 0.15) is 58.4 Å². The average molecular weight is 475 g/mol. The lowest BCUT2D eigenvalue weighted by Crippen LogP contribution is -2.48. The largest absolute Gasteiger partial charge is 0.444 e. The Hall–Kier alpha value is -2.58. The van der Waals surface area contributed by atoms with Gasteiger partial charge >= 0.3 is 6.09 Å². The van der Waals surface area contributed by atoms with E-state index in [0.29, 0.717) is 5.75 Å². The molecule has 2 atom stereocenters. The molecule has 0 fully saturated rings. The first-order valence-electron chi connectivity index (χ1n) is 10.9. The van der Waals surface area contributed by atoms with Crippen molar-refractivity contribution in [3.8, 4) is 11.1 Å². The molecule has 1 aliphatic heterocycles. The van der Waals surface area contributed by atoms with Gasteiger partial charge in [0.1, 0.15) is 11.3 Å². The Morgan fingerprint density at radius 3 is 2.27 bits per heavy atom. The zero-order chi connectivity index (χ0) is 24.2. The predicted octanol–water partition coefficient (Wildman–Crippen LogP) is 5.53. The van der Waals surface area contributed by atoms with E-state index in [1.54, 1.807) is 46.2 Å². The Bertz CT molecular complexity index is 1030.